The molecule has 0 aliphatic carbocycles. The second-order valence-corrected chi connectivity index (χ2v) is 6.05. The van der Waals surface area contributed by atoms with Gasteiger partial charge in [0.15, 0.2) is 0 Å². The minimum Gasteiger partial charge on any atom is -0.377 e. The summed E-state index contributed by atoms with van der Waals surface area (Å²) in [5.41, 5.74) is 5.47. The van der Waals surface area contributed by atoms with E-state index >= 15 is 0 Å². The van der Waals surface area contributed by atoms with Crippen LogP contribution in [0.5, 0.6) is 0 Å². The second kappa shape index (κ2) is 5.84. The van der Waals surface area contributed by atoms with Crippen molar-refractivity contribution in [3.05, 3.63) is 85.2 Å². The topological polar surface area (TPSA) is 46.2 Å². The molecule has 0 atom stereocenters. The summed E-state index contributed by atoms with van der Waals surface area (Å²) in [6.07, 6.45) is 0. The predicted molar refractivity (Wildman–Crippen MR) is 94.8 cm³/mol. The van der Waals surface area contributed by atoms with Gasteiger partial charge in [0, 0.05) is 6.54 Å². The van der Waals surface area contributed by atoms with E-state index in [1.807, 2.05) is 63.2 Å². The first-order chi connectivity index (χ1) is 11.0. The molecule has 0 saturated heterocycles. The Morgan fingerprint density at radius 1 is 0.826 bits per heavy atom. The first kappa shape index (κ1) is 15.2. The van der Waals surface area contributed by atoms with E-state index in [4.69, 9.17) is 0 Å². The first-order valence-corrected chi connectivity index (χ1v) is 7.67. The Labute approximate surface area is 135 Å². The standard InChI is InChI=1S/C20H19NO2/c1-12-4-7-15(8-5-12)11-21-18-17(19(22)20(18)23)16-9-6-13(2)14(3)10-16/h4-10,21H,11H2,1-3H3. The van der Waals surface area contributed by atoms with Crippen molar-refractivity contribution in [2.24, 2.45) is 0 Å². The van der Waals surface area contributed by atoms with Crippen molar-refractivity contribution in [2.45, 2.75) is 27.3 Å². The van der Waals surface area contributed by atoms with Gasteiger partial charge < -0.3 is 5.32 Å². The van der Waals surface area contributed by atoms with Gasteiger partial charge in [-0.15, -0.1) is 0 Å². The van der Waals surface area contributed by atoms with Gasteiger partial charge in [-0.05, 0) is 43.0 Å². The van der Waals surface area contributed by atoms with E-state index in [0.29, 0.717) is 17.8 Å². The van der Waals surface area contributed by atoms with Crippen LogP contribution in [-0.4, -0.2) is 0 Å². The molecule has 0 spiro atoms. The molecule has 0 aromatic heterocycles. The molecule has 0 aliphatic heterocycles. The summed E-state index contributed by atoms with van der Waals surface area (Å²) in [5.74, 6) is 0. The molecule has 1 N–H and O–H groups in total. The maximum Gasteiger partial charge on any atom is 0.250 e. The maximum absolute atomic E-state index is 12.0. The molecule has 0 aliphatic rings. The summed E-state index contributed by atoms with van der Waals surface area (Å²) in [4.78, 5) is 23.9. The van der Waals surface area contributed by atoms with Crippen LogP contribution in [-0.2, 0) is 6.54 Å². The highest BCUT2D eigenvalue weighted by Crippen LogP contribution is 2.26. The van der Waals surface area contributed by atoms with Gasteiger partial charge in [-0.25, -0.2) is 0 Å². The lowest BCUT2D eigenvalue weighted by Gasteiger charge is -2.14. The third kappa shape index (κ3) is 2.82. The molecule has 0 saturated carbocycles. The first-order valence-electron chi connectivity index (χ1n) is 7.67. The molecule has 0 heterocycles. The minimum absolute atomic E-state index is 0.403. The van der Waals surface area contributed by atoms with Gasteiger partial charge in [-0.3, -0.25) is 9.59 Å². The number of nitrogens with one attached hydrogen (secondary N) is 1. The summed E-state index contributed by atoms with van der Waals surface area (Å²) in [6.45, 7) is 6.59. The Bertz CT molecular complexity index is 929. The van der Waals surface area contributed by atoms with Gasteiger partial charge in [-0.1, -0.05) is 48.0 Å². The van der Waals surface area contributed by atoms with Gasteiger partial charge in [-0.2, -0.15) is 0 Å². The molecular weight excluding hydrogens is 286 g/mol. The van der Waals surface area contributed by atoms with Crippen LogP contribution >= 0.6 is 0 Å². The molecule has 0 amide bonds. The number of anilines is 1. The fourth-order valence-electron chi connectivity index (χ4n) is 2.63. The van der Waals surface area contributed by atoms with Crippen LogP contribution in [0.3, 0.4) is 0 Å². The zero-order valence-corrected chi connectivity index (χ0v) is 13.6. The summed E-state index contributed by atoms with van der Waals surface area (Å²) < 4.78 is 0. The molecule has 0 fully saturated rings. The maximum atomic E-state index is 12.0. The van der Waals surface area contributed by atoms with Gasteiger partial charge in [0.1, 0.15) is 0 Å². The Morgan fingerprint density at radius 2 is 1.52 bits per heavy atom. The Morgan fingerprint density at radius 3 is 2.17 bits per heavy atom. The molecule has 0 radical (unpaired) electrons. The van der Waals surface area contributed by atoms with Crippen LogP contribution < -0.4 is 16.2 Å². The zero-order valence-electron chi connectivity index (χ0n) is 13.6. The number of hydrogen-bond donors (Lipinski definition) is 1. The lowest BCUT2D eigenvalue weighted by Crippen LogP contribution is -2.36. The van der Waals surface area contributed by atoms with E-state index in [2.05, 4.69) is 5.32 Å². The number of rotatable bonds is 4. The smallest absolute Gasteiger partial charge is 0.250 e. The number of aryl methyl sites for hydroxylation is 3. The van der Waals surface area contributed by atoms with E-state index in [0.717, 1.165) is 16.7 Å². The molecular formula is C20H19NO2. The third-order valence-electron chi connectivity index (χ3n) is 4.30. The summed E-state index contributed by atoms with van der Waals surface area (Å²) in [7, 11) is 0. The van der Waals surface area contributed by atoms with Crippen molar-refractivity contribution >= 4 is 5.69 Å². The average molecular weight is 305 g/mol. The van der Waals surface area contributed by atoms with Crippen LogP contribution in [0.1, 0.15) is 22.3 Å². The quantitative estimate of drug-likeness (QED) is 0.751. The minimum atomic E-state index is -0.426. The van der Waals surface area contributed by atoms with Crippen molar-refractivity contribution in [1.82, 2.24) is 0 Å². The van der Waals surface area contributed by atoms with E-state index in [9.17, 15) is 9.59 Å². The summed E-state index contributed by atoms with van der Waals surface area (Å²) in [5, 5.41) is 3.13. The van der Waals surface area contributed by atoms with Gasteiger partial charge in [0.25, 0.3) is 0 Å². The second-order valence-electron chi connectivity index (χ2n) is 6.05. The highest BCUT2D eigenvalue weighted by molar-refractivity contribution is 5.82. The van der Waals surface area contributed by atoms with Crippen LogP contribution in [0.2, 0.25) is 0 Å². The van der Waals surface area contributed by atoms with Crippen molar-refractivity contribution in [3.63, 3.8) is 0 Å². The molecule has 3 nitrogen and oxygen atoms in total. The molecule has 3 heteroatoms. The summed E-state index contributed by atoms with van der Waals surface area (Å²) >= 11 is 0. The fourth-order valence-corrected chi connectivity index (χ4v) is 2.63. The predicted octanol–water partition coefficient (Wildman–Crippen LogP) is 3.49. The molecule has 23 heavy (non-hydrogen) atoms. The van der Waals surface area contributed by atoms with Crippen molar-refractivity contribution in [2.75, 3.05) is 5.32 Å². The Kier molecular flexibility index (Phi) is 3.87. The van der Waals surface area contributed by atoms with Gasteiger partial charge in [0.2, 0.25) is 10.9 Å². The Balaban J connectivity index is 1.88. The molecule has 0 unspecified atom stereocenters. The van der Waals surface area contributed by atoms with E-state index in [1.165, 1.54) is 11.1 Å². The average Bonchev–Trinajstić information content (AvgIpc) is 2.55. The summed E-state index contributed by atoms with van der Waals surface area (Å²) in [6, 6.07) is 13.9. The molecule has 3 aromatic rings. The van der Waals surface area contributed by atoms with Crippen molar-refractivity contribution < 1.29 is 0 Å². The lowest BCUT2D eigenvalue weighted by atomic mass is 9.95. The van der Waals surface area contributed by atoms with E-state index < -0.39 is 10.9 Å². The number of hydrogen-bond acceptors (Lipinski definition) is 3. The lowest BCUT2D eigenvalue weighted by molar-refractivity contribution is 1.13. The van der Waals surface area contributed by atoms with Crippen LogP contribution in [0.15, 0.2) is 52.1 Å². The van der Waals surface area contributed by atoms with E-state index in [-0.39, 0.29) is 0 Å². The molecule has 3 rings (SSSR count). The van der Waals surface area contributed by atoms with Crippen LogP contribution in [0, 0.1) is 20.8 Å². The van der Waals surface area contributed by atoms with E-state index in [1.54, 1.807) is 0 Å². The highest BCUT2D eigenvalue weighted by Gasteiger charge is 2.22. The Hall–Kier alpha value is -2.68. The van der Waals surface area contributed by atoms with Crippen LogP contribution in [0.25, 0.3) is 11.1 Å². The normalized spacial score (nSPS) is 10.9. The molecule has 116 valence electrons. The van der Waals surface area contributed by atoms with Crippen molar-refractivity contribution in [1.29, 1.82) is 0 Å². The fraction of sp³-hybridized carbons (Fsp3) is 0.200. The number of benzene rings is 2. The molecule has 3 aromatic carbocycles. The van der Waals surface area contributed by atoms with Crippen molar-refractivity contribution in [3.8, 4) is 11.1 Å². The largest absolute Gasteiger partial charge is 0.377 e. The van der Waals surface area contributed by atoms with Gasteiger partial charge in [0.05, 0.1) is 11.3 Å². The van der Waals surface area contributed by atoms with Gasteiger partial charge >= 0.3 is 0 Å². The third-order valence-corrected chi connectivity index (χ3v) is 4.30. The monoisotopic (exact) mass is 305 g/mol. The van der Waals surface area contributed by atoms with Crippen LogP contribution in [0.4, 0.5) is 5.69 Å². The SMILES string of the molecule is Cc1ccc(CNc2c(-c3ccc(C)c(C)c3)c(=O)c2=O)cc1. The zero-order chi connectivity index (χ0) is 16.6. The highest BCUT2D eigenvalue weighted by atomic mass is 16.2. The molecule has 0 bridgehead atoms.